The number of amides is 1. The normalized spacial score (nSPS) is 11.3. The van der Waals surface area contributed by atoms with Crippen molar-refractivity contribution in [3.8, 4) is 17.2 Å². The van der Waals surface area contributed by atoms with Crippen LogP contribution in [-0.2, 0) is 9.53 Å². The fourth-order valence-electron chi connectivity index (χ4n) is 1.89. The van der Waals surface area contributed by atoms with Crippen molar-refractivity contribution in [3.63, 3.8) is 0 Å². The molecule has 0 aliphatic heterocycles. The Kier molecular flexibility index (Phi) is 7.18. The summed E-state index contributed by atoms with van der Waals surface area (Å²) >= 11 is 0. The van der Waals surface area contributed by atoms with Crippen LogP contribution in [0.25, 0.3) is 0 Å². The van der Waals surface area contributed by atoms with Gasteiger partial charge in [0.1, 0.15) is 5.56 Å². The maximum Gasteiger partial charge on any atom is 0.342 e. The Balaban J connectivity index is 2.86. The topological polar surface area (TPSA) is 83.1 Å². The van der Waals surface area contributed by atoms with Crippen molar-refractivity contribution in [1.82, 2.24) is 5.32 Å². The van der Waals surface area contributed by atoms with Gasteiger partial charge in [0.05, 0.1) is 21.3 Å². The Morgan fingerprint density at radius 3 is 2.26 bits per heavy atom. The third kappa shape index (κ3) is 4.77. The fraction of sp³-hybridized carbons (Fsp3) is 0.500. The summed E-state index contributed by atoms with van der Waals surface area (Å²) in [5, 5.41) is 2.71. The summed E-state index contributed by atoms with van der Waals surface area (Å²) in [6, 6.07) is 3.09. The van der Waals surface area contributed by atoms with Crippen molar-refractivity contribution in [2.45, 2.75) is 26.3 Å². The predicted molar refractivity (Wildman–Crippen MR) is 84.3 cm³/mol. The van der Waals surface area contributed by atoms with Crippen LogP contribution < -0.4 is 19.5 Å². The van der Waals surface area contributed by atoms with Gasteiger partial charge >= 0.3 is 5.97 Å². The summed E-state index contributed by atoms with van der Waals surface area (Å²) in [6.07, 6.45) is 0.795. The number of carbonyl (C=O) groups is 2. The van der Waals surface area contributed by atoms with E-state index in [0.717, 1.165) is 6.42 Å². The minimum atomic E-state index is -0.679. The number of carbonyl (C=O) groups excluding carboxylic acids is 2. The van der Waals surface area contributed by atoms with Crippen LogP contribution in [0.3, 0.4) is 0 Å². The first-order valence-corrected chi connectivity index (χ1v) is 7.23. The Morgan fingerprint density at radius 2 is 1.74 bits per heavy atom. The number of hydrogen-bond acceptors (Lipinski definition) is 6. The molecule has 0 saturated heterocycles. The van der Waals surface area contributed by atoms with Crippen LogP contribution in [0, 0.1) is 0 Å². The third-order valence-electron chi connectivity index (χ3n) is 3.28. The van der Waals surface area contributed by atoms with Gasteiger partial charge < -0.3 is 24.3 Å². The minimum Gasteiger partial charge on any atom is -0.493 e. The first kappa shape index (κ1) is 18.6. The highest BCUT2D eigenvalue weighted by Crippen LogP contribution is 2.39. The third-order valence-corrected chi connectivity index (χ3v) is 3.28. The highest BCUT2D eigenvalue weighted by atomic mass is 16.5. The molecule has 0 aliphatic rings. The maximum atomic E-state index is 12.2. The van der Waals surface area contributed by atoms with Gasteiger partial charge in [-0.1, -0.05) is 6.92 Å². The van der Waals surface area contributed by atoms with Crippen molar-refractivity contribution in [2.24, 2.45) is 0 Å². The van der Waals surface area contributed by atoms with E-state index in [1.165, 1.54) is 27.4 Å². The fourth-order valence-corrected chi connectivity index (χ4v) is 1.89. The average Bonchev–Trinajstić information content (AvgIpc) is 2.57. The van der Waals surface area contributed by atoms with Crippen LogP contribution in [0.15, 0.2) is 12.1 Å². The molecule has 0 radical (unpaired) electrons. The van der Waals surface area contributed by atoms with Gasteiger partial charge in [-0.3, -0.25) is 4.79 Å². The molecule has 0 aliphatic carbocycles. The number of rotatable bonds is 8. The van der Waals surface area contributed by atoms with Gasteiger partial charge in [0, 0.05) is 6.04 Å². The lowest BCUT2D eigenvalue weighted by molar-refractivity contribution is -0.124. The molecule has 0 bridgehead atoms. The van der Waals surface area contributed by atoms with Gasteiger partial charge in [0.25, 0.3) is 5.91 Å². The molecule has 0 fully saturated rings. The summed E-state index contributed by atoms with van der Waals surface area (Å²) in [6.45, 7) is 3.46. The number of nitrogens with one attached hydrogen (secondary N) is 1. The van der Waals surface area contributed by atoms with Crippen LogP contribution in [0.2, 0.25) is 0 Å². The van der Waals surface area contributed by atoms with E-state index in [0.29, 0.717) is 5.75 Å². The Labute approximate surface area is 135 Å². The van der Waals surface area contributed by atoms with Crippen LogP contribution >= 0.6 is 0 Å². The Morgan fingerprint density at radius 1 is 1.09 bits per heavy atom. The van der Waals surface area contributed by atoms with Crippen LogP contribution in [0.5, 0.6) is 17.2 Å². The second kappa shape index (κ2) is 8.87. The van der Waals surface area contributed by atoms with E-state index in [-0.39, 0.29) is 35.6 Å². The van der Waals surface area contributed by atoms with Crippen molar-refractivity contribution in [2.75, 3.05) is 27.9 Å². The molecule has 0 aromatic heterocycles. The molecule has 7 nitrogen and oxygen atoms in total. The summed E-state index contributed by atoms with van der Waals surface area (Å²) in [7, 11) is 4.33. The van der Waals surface area contributed by atoms with E-state index in [1.54, 1.807) is 6.07 Å². The molecular weight excluding hydrogens is 302 g/mol. The highest BCUT2D eigenvalue weighted by Gasteiger charge is 2.22. The molecule has 7 heteroatoms. The average molecular weight is 325 g/mol. The Bertz CT molecular complexity index is 558. The van der Waals surface area contributed by atoms with Crippen LogP contribution in [-0.4, -0.2) is 45.9 Å². The van der Waals surface area contributed by atoms with E-state index in [1.807, 2.05) is 13.8 Å². The zero-order valence-corrected chi connectivity index (χ0v) is 14.1. The zero-order chi connectivity index (χ0) is 17.4. The summed E-state index contributed by atoms with van der Waals surface area (Å²) in [5.41, 5.74) is 0.154. The van der Waals surface area contributed by atoms with E-state index < -0.39 is 5.97 Å². The largest absolute Gasteiger partial charge is 0.493 e. The second-order valence-corrected chi connectivity index (χ2v) is 4.83. The number of ether oxygens (including phenoxy) is 4. The van der Waals surface area contributed by atoms with Gasteiger partial charge in [-0.05, 0) is 25.5 Å². The monoisotopic (exact) mass is 325 g/mol. The van der Waals surface area contributed by atoms with Crippen LogP contribution in [0.1, 0.15) is 30.6 Å². The number of hydrogen-bond donors (Lipinski definition) is 1. The van der Waals surface area contributed by atoms with E-state index in [2.05, 4.69) is 5.32 Å². The van der Waals surface area contributed by atoms with Crippen LogP contribution in [0.4, 0.5) is 0 Å². The maximum absolute atomic E-state index is 12.2. The molecule has 0 spiro atoms. The molecule has 1 amide bonds. The standard InChI is InChI=1S/C16H23NO6/c1-6-10(2)17-13(18)9-23-16(19)11-7-8-12(20-3)15(22-5)14(11)21-4/h7-8,10H,6,9H2,1-5H3,(H,17,18)/t10-/m1/s1. The molecule has 1 atom stereocenters. The van der Waals surface area contributed by atoms with E-state index >= 15 is 0 Å². The molecule has 0 unspecified atom stereocenters. The van der Waals surface area contributed by atoms with Gasteiger partial charge in [-0.2, -0.15) is 0 Å². The SMILES string of the molecule is CC[C@@H](C)NC(=O)COC(=O)c1ccc(OC)c(OC)c1OC. The lowest BCUT2D eigenvalue weighted by Gasteiger charge is -2.15. The number of methoxy groups -OCH3 is 3. The molecule has 23 heavy (non-hydrogen) atoms. The van der Waals surface area contributed by atoms with Gasteiger partial charge in [-0.15, -0.1) is 0 Å². The van der Waals surface area contributed by atoms with E-state index in [9.17, 15) is 9.59 Å². The smallest absolute Gasteiger partial charge is 0.342 e. The lowest BCUT2D eigenvalue weighted by Crippen LogP contribution is -2.35. The van der Waals surface area contributed by atoms with Gasteiger partial charge in [0.2, 0.25) is 5.75 Å². The molecule has 1 N–H and O–H groups in total. The molecular formula is C16H23NO6. The van der Waals surface area contributed by atoms with Crippen molar-refractivity contribution in [1.29, 1.82) is 0 Å². The molecule has 1 aromatic rings. The first-order chi connectivity index (χ1) is 11.0. The number of benzene rings is 1. The summed E-state index contributed by atoms with van der Waals surface area (Å²) in [4.78, 5) is 23.8. The lowest BCUT2D eigenvalue weighted by atomic mass is 10.1. The predicted octanol–water partition coefficient (Wildman–Crippen LogP) is 1.78. The van der Waals surface area contributed by atoms with Gasteiger partial charge in [-0.25, -0.2) is 4.79 Å². The zero-order valence-electron chi connectivity index (χ0n) is 14.1. The van der Waals surface area contributed by atoms with E-state index in [4.69, 9.17) is 18.9 Å². The highest BCUT2D eigenvalue weighted by molar-refractivity contribution is 5.95. The Hall–Kier alpha value is -2.44. The molecule has 128 valence electrons. The summed E-state index contributed by atoms with van der Waals surface area (Å²) < 4.78 is 20.6. The molecule has 0 saturated carbocycles. The van der Waals surface area contributed by atoms with Crippen molar-refractivity contribution < 1.29 is 28.5 Å². The molecule has 1 aromatic carbocycles. The molecule has 1 rings (SSSR count). The van der Waals surface area contributed by atoms with Gasteiger partial charge in [0.15, 0.2) is 18.1 Å². The van der Waals surface area contributed by atoms with Crippen molar-refractivity contribution in [3.05, 3.63) is 17.7 Å². The number of esters is 1. The summed E-state index contributed by atoms with van der Waals surface area (Å²) in [5.74, 6) is -0.127. The molecule has 0 heterocycles. The van der Waals surface area contributed by atoms with Crippen molar-refractivity contribution >= 4 is 11.9 Å². The second-order valence-electron chi connectivity index (χ2n) is 4.83. The minimum absolute atomic E-state index is 0.0248. The quantitative estimate of drug-likeness (QED) is 0.734. The first-order valence-electron chi connectivity index (χ1n) is 7.23.